The monoisotopic (exact) mass is 199 g/mol. The van der Waals surface area contributed by atoms with E-state index in [0.717, 1.165) is 0 Å². The van der Waals surface area contributed by atoms with Crippen LogP contribution in [0.3, 0.4) is 0 Å². The second kappa shape index (κ2) is 4.19. The number of hydrogen-bond donors (Lipinski definition) is 2. The summed E-state index contributed by atoms with van der Waals surface area (Å²) in [7, 11) is 0. The summed E-state index contributed by atoms with van der Waals surface area (Å²) in [6.07, 6.45) is 0.203. The third-order valence-electron chi connectivity index (χ3n) is 1.17. The third kappa shape index (κ3) is 3.13. The Morgan fingerprint density at radius 1 is 1.67 bits per heavy atom. The number of rotatable bonds is 4. The predicted molar refractivity (Wildman–Crippen MR) is 38.4 cm³/mol. The van der Waals surface area contributed by atoms with Crippen molar-refractivity contribution in [2.24, 2.45) is 5.73 Å². The SMILES string of the molecule is NC(CO)(CBr)CCF. The van der Waals surface area contributed by atoms with Gasteiger partial charge in [-0.2, -0.15) is 0 Å². The van der Waals surface area contributed by atoms with Crippen molar-refractivity contribution in [1.29, 1.82) is 0 Å². The zero-order chi connectivity index (χ0) is 7.33. The van der Waals surface area contributed by atoms with Crippen molar-refractivity contribution in [3.8, 4) is 0 Å². The first-order chi connectivity index (χ1) is 4.18. The summed E-state index contributed by atoms with van der Waals surface area (Å²) in [6.45, 7) is -0.662. The maximum absolute atomic E-state index is 11.7. The molecule has 0 spiro atoms. The first kappa shape index (κ1) is 9.33. The normalized spacial score (nSPS) is 17.3. The van der Waals surface area contributed by atoms with E-state index in [4.69, 9.17) is 10.8 Å². The number of halogens is 2. The van der Waals surface area contributed by atoms with Gasteiger partial charge in [-0.3, -0.25) is 4.39 Å². The molecule has 3 N–H and O–H groups in total. The van der Waals surface area contributed by atoms with E-state index in [-0.39, 0.29) is 13.0 Å². The van der Waals surface area contributed by atoms with Crippen molar-refractivity contribution in [2.75, 3.05) is 18.6 Å². The van der Waals surface area contributed by atoms with E-state index < -0.39 is 12.2 Å². The Morgan fingerprint density at radius 2 is 2.22 bits per heavy atom. The van der Waals surface area contributed by atoms with E-state index in [0.29, 0.717) is 5.33 Å². The summed E-state index contributed by atoms with van der Waals surface area (Å²) in [5, 5.41) is 9.03. The Hall–Kier alpha value is 0.330. The zero-order valence-corrected chi connectivity index (χ0v) is 6.69. The van der Waals surface area contributed by atoms with E-state index >= 15 is 0 Å². The Balaban J connectivity index is 3.62. The number of alkyl halides is 2. The van der Waals surface area contributed by atoms with Crippen LogP contribution in [0.15, 0.2) is 0 Å². The Bertz CT molecular complexity index is 77.4. The summed E-state index contributed by atoms with van der Waals surface area (Å²) in [5.41, 5.74) is 4.70. The van der Waals surface area contributed by atoms with Crippen LogP contribution in [0.2, 0.25) is 0 Å². The number of aliphatic hydroxyl groups excluding tert-OH is 1. The van der Waals surface area contributed by atoms with Crippen LogP contribution in [0.5, 0.6) is 0 Å². The van der Waals surface area contributed by atoms with Crippen molar-refractivity contribution < 1.29 is 9.50 Å². The van der Waals surface area contributed by atoms with Gasteiger partial charge in [-0.1, -0.05) is 15.9 Å². The first-order valence-electron chi connectivity index (χ1n) is 2.70. The fourth-order valence-corrected chi connectivity index (χ4v) is 0.834. The Kier molecular flexibility index (Phi) is 4.35. The van der Waals surface area contributed by atoms with Crippen LogP contribution < -0.4 is 5.73 Å². The molecule has 0 aliphatic heterocycles. The summed E-state index contributed by atoms with van der Waals surface area (Å²) in [5.74, 6) is 0. The van der Waals surface area contributed by atoms with Crippen LogP contribution in [0.1, 0.15) is 6.42 Å². The van der Waals surface area contributed by atoms with Gasteiger partial charge in [-0.15, -0.1) is 0 Å². The topological polar surface area (TPSA) is 46.2 Å². The van der Waals surface area contributed by atoms with Crippen LogP contribution in [0.4, 0.5) is 4.39 Å². The highest BCUT2D eigenvalue weighted by Gasteiger charge is 2.21. The van der Waals surface area contributed by atoms with Crippen molar-refractivity contribution in [2.45, 2.75) is 12.0 Å². The summed E-state index contributed by atoms with van der Waals surface area (Å²) in [4.78, 5) is 0. The van der Waals surface area contributed by atoms with Gasteiger partial charge in [-0.05, 0) is 6.42 Å². The van der Waals surface area contributed by atoms with Crippen LogP contribution >= 0.6 is 15.9 Å². The fourth-order valence-electron chi connectivity index (χ4n) is 0.376. The molecule has 0 amide bonds. The smallest absolute Gasteiger partial charge is 0.0913 e. The number of nitrogens with two attached hydrogens (primary N) is 1. The molecule has 9 heavy (non-hydrogen) atoms. The standard InChI is InChI=1S/C5H11BrFNO/c6-3-5(8,4-9)1-2-7/h9H,1-4,8H2. The summed E-state index contributed by atoms with van der Waals surface area (Å²) in [6, 6.07) is 0. The van der Waals surface area contributed by atoms with E-state index in [9.17, 15) is 4.39 Å². The molecule has 2 nitrogen and oxygen atoms in total. The highest BCUT2D eigenvalue weighted by Crippen LogP contribution is 2.08. The third-order valence-corrected chi connectivity index (χ3v) is 2.29. The second-order valence-corrected chi connectivity index (χ2v) is 2.65. The highest BCUT2D eigenvalue weighted by molar-refractivity contribution is 9.09. The lowest BCUT2D eigenvalue weighted by molar-refractivity contribution is 0.195. The minimum Gasteiger partial charge on any atom is -0.394 e. The van der Waals surface area contributed by atoms with Gasteiger partial charge in [0.1, 0.15) is 0 Å². The molecule has 0 fully saturated rings. The second-order valence-electron chi connectivity index (χ2n) is 2.09. The van der Waals surface area contributed by atoms with Crippen LogP contribution in [-0.2, 0) is 0 Å². The molecule has 0 aromatic heterocycles. The average Bonchev–Trinajstić information content (AvgIpc) is 1.89. The van der Waals surface area contributed by atoms with Gasteiger partial charge in [0.2, 0.25) is 0 Å². The molecule has 0 heterocycles. The van der Waals surface area contributed by atoms with Crippen molar-refractivity contribution in [3.63, 3.8) is 0 Å². The van der Waals surface area contributed by atoms with Gasteiger partial charge in [0.15, 0.2) is 0 Å². The van der Waals surface area contributed by atoms with Gasteiger partial charge in [0.25, 0.3) is 0 Å². The van der Waals surface area contributed by atoms with Crippen LogP contribution in [0.25, 0.3) is 0 Å². The minimum atomic E-state index is -0.769. The maximum atomic E-state index is 11.7. The lowest BCUT2D eigenvalue weighted by Gasteiger charge is -2.22. The molecule has 1 unspecified atom stereocenters. The molecule has 0 aliphatic rings. The molecule has 0 saturated carbocycles. The predicted octanol–water partition coefficient (Wildman–Crippen LogP) is 0.431. The molecule has 0 aliphatic carbocycles. The molecule has 0 rings (SSSR count). The zero-order valence-electron chi connectivity index (χ0n) is 5.11. The minimum absolute atomic E-state index is 0.178. The van der Waals surface area contributed by atoms with Gasteiger partial charge in [-0.25, -0.2) is 0 Å². The van der Waals surface area contributed by atoms with Crippen molar-refractivity contribution in [1.82, 2.24) is 0 Å². The van der Waals surface area contributed by atoms with Gasteiger partial charge < -0.3 is 10.8 Å². The Labute approximate surface area is 62.4 Å². The van der Waals surface area contributed by atoms with E-state index in [1.54, 1.807) is 0 Å². The average molecular weight is 200 g/mol. The molecule has 56 valence electrons. The molecule has 1 atom stereocenters. The van der Waals surface area contributed by atoms with E-state index in [1.165, 1.54) is 0 Å². The van der Waals surface area contributed by atoms with Crippen molar-refractivity contribution in [3.05, 3.63) is 0 Å². The first-order valence-corrected chi connectivity index (χ1v) is 3.82. The fraction of sp³-hybridized carbons (Fsp3) is 1.00. The summed E-state index contributed by atoms with van der Waals surface area (Å²) >= 11 is 3.08. The van der Waals surface area contributed by atoms with Gasteiger partial charge >= 0.3 is 0 Å². The lowest BCUT2D eigenvalue weighted by Crippen LogP contribution is -2.45. The Morgan fingerprint density at radius 3 is 2.33 bits per heavy atom. The van der Waals surface area contributed by atoms with Crippen LogP contribution in [-0.4, -0.2) is 29.3 Å². The molecule has 0 aromatic rings. The largest absolute Gasteiger partial charge is 0.394 e. The van der Waals surface area contributed by atoms with E-state index in [2.05, 4.69) is 15.9 Å². The summed E-state index contributed by atoms with van der Waals surface area (Å²) < 4.78 is 11.7. The van der Waals surface area contributed by atoms with Gasteiger partial charge in [0.05, 0.1) is 18.8 Å². The quantitative estimate of drug-likeness (QED) is 0.646. The highest BCUT2D eigenvalue weighted by atomic mass is 79.9. The van der Waals surface area contributed by atoms with Crippen LogP contribution in [0, 0.1) is 0 Å². The molecule has 0 radical (unpaired) electrons. The molecular weight excluding hydrogens is 189 g/mol. The molecule has 4 heteroatoms. The van der Waals surface area contributed by atoms with Crippen molar-refractivity contribution >= 4 is 15.9 Å². The lowest BCUT2D eigenvalue weighted by atomic mass is 10.0. The number of aliphatic hydroxyl groups is 1. The number of hydrogen-bond acceptors (Lipinski definition) is 2. The molecular formula is C5H11BrFNO. The maximum Gasteiger partial charge on any atom is 0.0913 e. The molecule has 0 bridgehead atoms. The van der Waals surface area contributed by atoms with E-state index in [1.807, 2.05) is 0 Å². The molecule has 0 saturated heterocycles. The molecule has 0 aromatic carbocycles. The van der Waals surface area contributed by atoms with Gasteiger partial charge in [0, 0.05) is 5.33 Å².